The fourth-order valence-electron chi connectivity index (χ4n) is 2.39. The van der Waals surface area contributed by atoms with Gasteiger partial charge in [0.15, 0.2) is 0 Å². The Labute approximate surface area is 115 Å². The zero-order valence-corrected chi connectivity index (χ0v) is 12.3. The first-order chi connectivity index (χ1) is 8.78. The molecule has 0 aliphatic heterocycles. The van der Waals surface area contributed by atoms with Crippen molar-refractivity contribution in [1.82, 2.24) is 10.6 Å². The third-order valence-corrected chi connectivity index (χ3v) is 3.25. The summed E-state index contributed by atoms with van der Waals surface area (Å²) in [6.07, 6.45) is 4.02. The molecule has 110 valence electrons. The second-order valence-electron chi connectivity index (χ2n) is 6.46. The number of carbonyl (C=O) groups excluding carboxylic acids is 2. The van der Waals surface area contributed by atoms with E-state index in [0.29, 0.717) is 13.0 Å². The topological polar surface area (TPSA) is 84.2 Å². The summed E-state index contributed by atoms with van der Waals surface area (Å²) in [5.41, 5.74) is 5.64. The van der Waals surface area contributed by atoms with Crippen molar-refractivity contribution in [1.29, 1.82) is 0 Å². The number of nitrogens with two attached hydrogens (primary N) is 1. The summed E-state index contributed by atoms with van der Waals surface area (Å²) in [5.74, 6) is 0.0290. The Morgan fingerprint density at radius 2 is 1.95 bits per heavy atom. The van der Waals surface area contributed by atoms with E-state index in [9.17, 15) is 9.59 Å². The average Bonchev–Trinajstić information content (AvgIpc) is 2.26. The first kappa shape index (κ1) is 16.0. The van der Waals surface area contributed by atoms with Gasteiger partial charge in [0.1, 0.15) is 0 Å². The third-order valence-electron chi connectivity index (χ3n) is 3.25. The van der Waals surface area contributed by atoms with Crippen LogP contribution in [-0.4, -0.2) is 29.9 Å². The van der Waals surface area contributed by atoms with Crippen molar-refractivity contribution in [2.24, 2.45) is 11.7 Å². The van der Waals surface area contributed by atoms with Gasteiger partial charge >= 0.3 is 0 Å². The molecule has 1 fully saturated rings. The van der Waals surface area contributed by atoms with Gasteiger partial charge in [-0.3, -0.25) is 9.59 Å². The van der Waals surface area contributed by atoms with Crippen LogP contribution in [0, 0.1) is 5.92 Å². The minimum atomic E-state index is -0.225. The Kier molecular flexibility index (Phi) is 5.79. The van der Waals surface area contributed by atoms with Crippen molar-refractivity contribution in [2.75, 3.05) is 6.54 Å². The second-order valence-corrected chi connectivity index (χ2v) is 6.46. The summed E-state index contributed by atoms with van der Waals surface area (Å²) in [6, 6.07) is 0.147. The summed E-state index contributed by atoms with van der Waals surface area (Å²) < 4.78 is 0. The summed E-state index contributed by atoms with van der Waals surface area (Å²) in [5, 5.41) is 5.70. The van der Waals surface area contributed by atoms with Gasteiger partial charge in [0.2, 0.25) is 11.8 Å². The Hall–Kier alpha value is -1.10. The van der Waals surface area contributed by atoms with Crippen molar-refractivity contribution in [3.05, 3.63) is 0 Å². The highest BCUT2D eigenvalue weighted by Gasteiger charge is 2.25. The molecule has 0 spiro atoms. The first-order valence-corrected chi connectivity index (χ1v) is 7.12. The quantitative estimate of drug-likeness (QED) is 0.709. The zero-order valence-electron chi connectivity index (χ0n) is 12.3. The number of hydrogen-bond acceptors (Lipinski definition) is 3. The van der Waals surface area contributed by atoms with Crippen LogP contribution in [0.25, 0.3) is 0 Å². The van der Waals surface area contributed by atoms with Crippen molar-refractivity contribution >= 4 is 11.8 Å². The first-order valence-electron chi connectivity index (χ1n) is 7.12. The summed E-state index contributed by atoms with van der Waals surface area (Å²) in [7, 11) is 0. The summed E-state index contributed by atoms with van der Waals surface area (Å²) >= 11 is 0. The van der Waals surface area contributed by atoms with Gasteiger partial charge in [0.25, 0.3) is 0 Å². The highest BCUT2D eigenvalue weighted by atomic mass is 16.2. The van der Waals surface area contributed by atoms with E-state index in [-0.39, 0.29) is 29.3 Å². The lowest BCUT2D eigenvalue weighted by Gasteiger charge is -2.25. The van der Waals surface area contributed by atoms with Crippen LogP contribution in [0.2, 0.25) is 0 Å². The van der Waals surface area contributed by atoms with Crippen LogP contribution in [0.3, 0.4) is 0 Å². The average molecular weight is 269 g/mol. The van der Waals surface area contributed by atoms with Gasteiger partial charge in [-0.2, -0.15) is 0 Å². The number of hydrogen-bond donors (Lipinski definition) is 3. The Bertz CT molecular complexity index is 323. The Morgan fingerprint density at radius 1 is 1.26 bits per heavy atom. The largest absolute Gasteiger partial charge is 0.355 e. The molecule has 0 heterocycles. The van der Waals surface area contributed by atoms with E-state index in [1.165, 1.54) is 0 Å². The molecule has 4 N–H and O–H groups in total. The minimum absolute atomic E-state index is 0.0226. The molecule has 5 nitrogen and oxygen atoms in total. The third kappa shape index (κ3) is 6.57. The molecule has 0 saturated heterocycles. The number of nitrogens with one attached hydrogen (secondary N) is 2. The van der Waals surface area contributed by atoms with Crippen LogP contribution in [0.5, 0.6) is 0 Å². The molecule has 1 aliphatic rings. The van der Waals surface area contributed by atoms with Crippen molar-refractivity contribution < 1.29 is 9.59 Å². The molecule has 2 unspecified atom stereocenters. The molecular weight excluding hydrogens is 242 g/mol. The number of amides is 2. The molecule has 0 aromatic rings. The highest BCUT2D eigenvalue weighted by Crippen LogP contribution is 2.22. The Morgan fingerprint density at radius 3 is 2.53 bits per heavy atom. The van der Waals surface area contributed by atoms with Gasteiger partial charge < -0.3 is 16.4 Å². The molecule has 2 atom stereocenters. The zero-order chi connectivity index (χ0) is 14.5. The maximum atomic E-state index is 11.9. The van der Waals surface area contributed by atoms with E-state index in [1.807, 2.05) is 20.8 Å². The molecular formula is C14H27N3O2. The van der Waals surface area contributed by atoms with Crippen LogP contribution >= 0.6 is 0 Å². The van der Waals surface area contributed by atoms with Crippen molar-refractivity contribution in [3.8, 4) is 0 Å². The predicted molar refractivity (Wildman–Crippen MR) is 75.5 cm³/mol. The molecule has 0 radical (unpaired) electrons. The second kappa shape index (κ2) is 6.89. The predicted octanol–water partition coefficient (Wildman–Crippen LogP) is 0.925. The molecule has 2 amide bonds. The molecule has 19 heavy (non-hydrogen) atoms. The molecule has 0 aromatic heterocycles. The van der Waals surface area contributed by atoms with Gasteiger partial charge in [-0.25, -0.2) is 0 Å². The standard InChI is InChI=1S/C14H27N3O2/c1-14(2,3)17-12(18)7-8-16-13(19)10-5-4-6-11(15)9-10/h10-11H,4-9,15H2,1-3H3,(H,16,19)(H,17,18). The molecule has 0 bridgehead atoms. The molecule has 1 saturated carbocycles. The maximum absolute atomic E-state index is 11.9. The smallest absolute Gasteiger partial charge is 0.223 e. The lowest BCUT2D eigenvalue weighted by molar-refractivity contribution is -0.126. The van der Waals surface area contributed by atoms with Crippen LogP contribution in [0.15, 0.2) is 0 Å². The van der Waals surface area contributed by atoms with Crippen LogP contribution in [0.4, 0.5) is 0 Å². The van der Waals surface area contributed by atoms with E-state index >= 15 is 0 Å². The molecule has 5 heteroatoms. The van der Waals surface area contributed by atoms with Gasteiger partial charge in [-0.1, -0.05) is 6.42 Å². The molecule has 1 aliphatic carbocycles. The van der Waals surface area contributed by atoms with Gasteiger partial charge in [-0.15, -0.1) is 0 Å². The van der Waals surface area contributed by atoms with E-state index in [4.69, 9.17) is 5.73 Å². The van der Waals surface area contributed by atoms with Crippen molar-refractivity contribution in [3.63, 3.8) is 0 Å². The van der Waals surface area contributed by atoms with Gasteiger partial charge in [0, 0.05) is 30.5 Å². The number of carbonyl (C=O) groups is 2. The Balaban J connectivity index is 2.21. The van der Waals surface area contributed by atoms with Gasteiger partial charge in [0.05, 0.1) is 0 Å². The highest BCUT2D eigenvalue weighted by molar-refractivity contribution is 5.80. The minimum Gasteiger partial charge on any atom is -0.355 e. The maximum Gasteiger partial charge on any atom is 0.223 e. The van der Waals surface area contributed by atoms with Crippen LogP contribution in [-0.2, 0) is 9.59 Å². The van der Waals surface area contributed by atoms with E-state index in [2.05, 4.69) is 10.6 Å². The van der Waals surface area contributed by atoms with E-state index in [0.717, 1.165) is 25.7 Å². The van der Waals surface area contributed by atoms with Crippen LogP contribution < -0.4 is 16.4 Å². The summed E-state index contributed by atoms with van der Waals surface area (Å²) in [6.45, 7) is 6.21. The fraction of sp³-hybridized carbons (Fsp3) is 0.857. The summed E-state index contributed by atoms with van der Waals surface area (Å²) in [4.78, 5) is 23.5. The van der Waals surface area contributed by atoms with Crippen LogP contribution in [0.1, 0.15) is 52.9 Å². The normalized spacial score (nSPS) is 23.8. The molecule has 0 aromatic carbocycles. The SMILES string of the molecule is CC(C)(C)NC(=O)CCNC(=O)C1CCCC(N)C1. The lowest BCUT2D eigenvalue weighted by atomic mass is 9.85. The monoisotopic (exact) mass is 269 g/mol. The number of rotatable bonds is 4. The van der Waals surface area contributed by atoms with Crippen molar-refractivity contribution in [2.45, 2.75) is 64.5 Å². The fourth-order valence-corrected chi connectivity index (χ4v) is 2.39. The molecule has 1 rings (SSSR count). The van der Waals surface area contributed by atoms with E-state index < -0.39 is 0 Å². The van der Waals surface area contributed by atoms with E-state index in [1.54, 1.807) is 0 Å². The lowest BCUT2D eigenvalue weighted by Crippen LogP contribution is -2.43. The van der Waals surface area contributed by atoms with Gasteiger partial charge in [-0.05, 0) is 40.0 Å².